The molecule has 0 saturated heterocycles. The molecule has 1 atom stereocenters. The van der Waals surface area contributed by atoms with Gasteiger partial charge in [-0.15, -0.1) is 0 Å². The second kappa shape index (κ2) is 6.74. The predicted molar refractivity (Wildman–Crippen MR) is 91.7 cm³/mol. The molecule has 1 aliphatic carbocycles. The van der Waals surface area contributed by atoms with Crippen LogP contribution in [0.5, 0.6) is 0 Å². The highest BCUT2D eigenvalue weighted by molar-refractivity contribution is 6.33. The van der Waals surface area contributed by atoms with E-state index < -0.39 is 23.3 Å². The fourth-order valence-corrected chi connectivity index (χ4v) is 3.07. The zero-order valence-electron chi connectivity index (χ0n) is 14.4. The van der Waals surface area contributed by atoms with E-state index in [1.54, 1.807) is 0 Å². The van der Waals surface area contributed by atoms with Crippen molar-refractivity contribution < 1.29 is 17.7 Å². The Morgan fingerprint density at radius 1 is 1.31 bits per heavy atom. The van der Waals surface area contributed by atoms with Crippen molar-refractivity contribution in [2.24, 2.45) is 11.7 Å². The van der Waals surface area contributed by atoms with Crippen molar-refractivity contribution in [3.63, 3.8) is 0 Å². The quantitative estimate of drug-likeness (QED) is 0.762. The van der Waals surface area contributed by atoms with E-state index in [0.29, 0.717) is 17.4 Å². The van der Waals surface area contributed by atoms with E-state index in [2.05, 4.69) is 15.5 Å². The Balaban J connectivity index is 1.84. The highest BCUT2D eigenvalue weighted by Crippen LogP contribution is 2.39. The molecule has 1 heterocycles. The summed E-state index contributed by atoms with van der Waals surface area (Å²) in [5, 5.41) is 7.07. The Bertz CT molecular complexity index is 787. The summed E-state index contributed by atoms with van der Waals surface area (Å²) in [5.41, 5.74) is 5.23. The van der Waals surface area contributed by atoms with Gasteiger partial charge in [0.1, 0.15) is 6.04 Å². The first kappa shape index (κ1) is 19.0. The molecular weight excluding hydrogens is 369 g/mol. The first-order chi connectivity index (χ1) is 12.1. The fraction of sp³-hybridized carbons (Fsp3) is 0.529. The zero-order valence-corrected chi connectivity index (χ0v) is 15.2. The molecule has 3 N–H and O–H groups in total. The Labute approximate surface area is 154 Å². The number of nitrogens with two attached hydrogens (primary N) is 1. The Kier molecular flexibility index (Phi) is 4.92. The van der Waals surface area contributed by atoms with Gasteiger partial charge in [-0.05, 0) is 43.4 Å². The van der Waals surface area contributed by atoms with Crippen molar-refractivity contribution in [3.8, 4) is 0 Å². The smallest absolute Gasteiger partial charge is 0.372 e. The molecule has 1 aliphatic rings. The van der Waals surface area contributed by atoms with Crippen LogP contribution in [0.4, 0.5) is 18.9 Å². The van der Waals surface area contributed by atoms with Crippen molar-refractivity contribution in [2.45, 2.75) is 50.9 Å². The molecule has 26 heavy (non-hydrogen) atoms. The van der Waals surface area contributed by atoms with Crippen LogP contribution in [0.25, 0.3) is 0 Å². The van der Waals surface area contributed by atoms with E-state index in [9.17, 15) is 13.2 Å². The van der Waals surface area contributed by atoms with E-state index in [1.165, 1.54) is 6.07 Å². The summed E-state index contributed by atoms with van der Waals surface area (Å²) in [7, 11) is 0. The number of rotatable bonds is 5. The first-order valence-electron chi connectivity index (χ1n) is 8.36. The van der Waals surface area contributed by atoms with Crippen LogP contribution < -0.4 is 11.1 Å². The standard InChI is InChI=1S/C17H20ClF3N4O/c1-9(2)13(14-24-15(25-26-14)16(22)6-3-7-16)23-12-5-4-10(8-11(12)18)17(19,20)21/h4-5,8-9,13,23H,3,6-7,22H2,1-2H3. The maximum Gasteiger partial charge on any atom is 0.416 e. The summed E-state index contributed by atoms with van der Waals surface area (Å²) in [4.78, 5) is 4.42. The van der Waals surface area contributed by atoms with E-state index in [4.69, 9.17) is 21.9 Å². The topological polar surface area (TPSA) is 77.0 Å². The van der Waals surface area contributed by atoms with Gasteiger partial charge in [0.2, 0.25) is 5.89 Å². The van der Waals surface area contributed by atoms with Crippen LogP contribution in [0.1, 0.15) is 56.4 Å². The molecule has 0 aliphatic heterocycles. The highest BCUT2D eigenvalue weighted by atomic mass is 35.5. The third-order valence-electron chi connectivity index (χ3n) is 4.67. The molecule has 1 fully saturated rings. The average Bonchev–Trinajstić information content (AvgIpc) is 3.00. The summed E-state index contributed by atoms with van der Waals surface area (Å²) in [5.74, 6) is 0.823. The second-order valence-electron chi connectivity index (χ2n) is 7.02. The molecule has 1 aromatic heterocycles. The number of nitrogens with zero attached hydrogens (tertiary/aromatic N) is 2. The van der Waals surface area contributed by atoms with Crippen LogP contribution in [0.15, 0.2) is 22.7 Å². The number of aromatic nitrogens is 2. The minimum absolute atomic E-state index is 0.0248. The van der Waals surface area contributed by atoms with Gasteiger partial charge in [0.25, 0.3) is 0 Å². The van der Waals surface area contributed by atoms with E-state index in [-0.39, 0.29) is 10.9 Å². The molecule has 5 nitrogen and oxygen atoms in total. The summed E-state index contributed by atoms with van der Waals surface area (Å²) < 4.78 is 43.7. The second-order valence-corrected chi connectivity index (χ2v) is 7.43. The van der Waals surface area contributed by atoms with Crippen LogP contribution in [0.2, 0.25) is 5.02 Å². The molecule has 2 aromatic rings. The normalized spacial score (nSPS) is 17.8. The molecule has 0 amide bonds. The van der Waals surface area contributed by atoms with Crippen molar-refractivity contribution in [1.29, 1.82) is 0 Å². The lowest BCUT2D eigenvalue weighted by Gasteiger charge is -2.34. The number of nitrogens with one attached hydrogen (secondary N) is 1. The van der Waals surface area contributed by atoms with E-state index in [0.717, 1.165) is 31.4 Å². The van der Waals surface area contributed by atoms with Crippen LogP contribution in [-0.4, -0.2) is 10.1 Å². The molecule has 1 aromatic carbocycles. The molecular formula is C17H20ClF3N4O. The zero-order chi connectivity index (χ0) is 19.1. The van der Waals surface area contributed by atoms with Gasteiger partial charge in [-0.3, -0.25) is 0 Å². The number of halogens is 4. The van der Waals surface area contributed by atoms with Crippen molar-refractivity contribution >= 4 is 17.3 Å². The van der Waals surface area contributed by atoms with E-state index in [1.807, 2.05) is 13.8 Å². The van der Waals surface area contributed by atoms with Gasteiger partial charge in [0.15, 0.2) is 5.82 Å². The molecule has 0 radical (unpaired) electrons. The number of anilines is 1. The summed E-state index contributed by atoms with van der Waals surface area (Å²) in [6, 6.07) is 2.76. The van der Waals surface area contributed by atoms with Crippen molar-refractivity contribution in [2.75, 3.05) is 5.32 Å². The van der Waals surface area contributed by atoms with Crippen LogP contribution >= 0.6 is 11.6 Å². The van der Waals surface area contributed by atoms with E-state index >= 15 is 0 Å². The fourth-order valence-electron chi connectivity index (χ4n) is 2.83. The van der Waals surface area contributed by atoms with Gasteiger partial charge in [0.05, 0.1) is 21.8 Å². The number of hydrogen-bond acceptors (Lipinski definition) is 5. The third-order valence-corrected chi connectivity index (χ3v) is 4.99. The summed E-state index contributed by atoms with van der Waals surface area (Å²) >= 11 is 6.03. The number of alkyl halides is 3. The Morgan fingerprint density at radius 2 is 2.00 bits per heavy atom. The lowest BCUT2D eigenvalue weighted by molar-refractivity contribution is -0.137. The molecule has 0 spiro atoms. The monoisotopic (exact) mass is 388 g/mol. The highest BCUT2D eigenvalue weighted by Gasteiger charge is 2.40. The van der Waals surface area contributed by atoms with Gasteiger partial charge in [-0.25, -0.2) is 0 Å². The third kappa shape index (κ3) is 3.66. The van der Waals surface area contributed by atoms with Gasteiger partial charge in [0, 0.05) is 0 Å². The van der Waals surface area contributed by atoms with Crippen molar-refractivity contribution in [1.82, 2.24) is 10.1 Å². The van der Waals surface area contributed by atoms with Gasteiger partial charge in [-0.1, -0.05) is 30.6 Å². The minimum Gasteiger partial charge on any atom is -0.372 e. The van der Waals surface area contributed by atoms with Gasteiger partial charge < -0.3 is 15.6 Å². The minimum atomic E-state index is -4.45. The molecule has 1 saturated carbocycles. The Morgan fingerprint density at radius 3 is 2.50 bits per heavy atom. The largest absolute Gasteiger partial charge is 0.416 e. The molecule has 1 unspecified atom stereocenters. The number of benzene rings is 1. The van der Waals surface area contributed by atoms with Crippen molar-refractivity contribution in [3.05, 3.63) is 40.5 Å². The maximum absolute atomic E-state index is 12.8. The van der Waals surface area contributed by atoms with Crippen LogP contribution in [0.3, 0.4) is 0 Å². The molecule has 142 valence electrons. The molecule has 0 bridgehead atoms. The molecule has 3 rings (SSSR count). The van der Waals surface area contributed by atoms with Crippen LogP contribution in [-0.2, 0) is 11.7 Å². The lowest BCUT2D eigenvalue weighted by Crippen LogP contribution is -2.44. The van der Waals surface area contributed by atoms with Gasteiger partial charge in [-0.2, -0.15) is 18.2 Å². The summed E-state index contributed by atoms with van der Waals surface area (Å²) in [6.45, 7) is 3.86. The summed E-state index contributed by atoms with van der Waals surface area (Å²) in [6.07, 6.45) is -1.82. The Hall–Kier alpha value is -1.80. The number of hydrogen-bond donors (Lipinski definition) is 2. The van der Waals surface area contributed by atoms with Gasteiger partial charge >= 0.3 is 6.18 Å². The first-order valence-corrected chi connectivity index (χ1v) is 8.74. The molecule has 9 heteroatoms. The maximum atomic E-state index is 12.8. The van der Waals surface area contributed by atoms with Crippen LogP contribution in [0, 0.1) is 5.92 Å². The SMILES string of the molecule is CC(C)C(Nc1ccc(C(F)(F)F)cc1Cl)c1nc(C2(N)CCC2)no1. The lowest BCUT2D eigenvalue weighted by atomic mass is 9.77. The average molecular weight is 389 g/mol. The predicted octanol–water partition coefficient (Wildman–Crippen LogP) is 4.89.